The first kappa shape index (κ1) is 22.0. The Balaban J connectivity index is 1.65. The number of thioether (sulfide) groups is 1. The largest absolute Gasteiger partial charge is 0.351 e. The molecule has 0 fully saturated rings. The van der Waals surface area contributed by atoms with Crippen molar-refractivity contribution in [2.45, 2.75) is 38.8 Å². The van der Waals surface area contributed by atoms with E-state index in [1.165, 1.54) is 17.3 Å². The molecule has 5 nitrogen and oxygen atoms in total. The number of aryl methyl sites for hydroxylation is 1. The van der Waals surface area contributed by atoms with Crippen molar-refractivity contribution in [3.63, 3.8) is 0 Å². The summed E-state index contributed by atoms with van der Waals surface area (Å²) < 4.78 is 1.99. The predicted molar refractivity (Wildman–Crippen MR) is 124 cm³/mol. The molecule has 0 radical (unpaired) electrons. The van der Waals surface area contributed by atoms with E-state index in [-0.39, 0.29) is 11.8 Å². The van der Waals surface area contributed by atoms with Crippen LogP contribution in [0.3, 0.4) is 0 Å². The summed E-state index contributed by atoms with van der Waals surface area (Å²) >= 11 is 1.51. The Labute approximate surface area is 182 Å². The summed E-state index contributed by atoms with van der Waals surface area (Å²) in [6.45, 7) is 8.28. The third-order valence-corrected chi connectivity index (χ3v) is 6.19. The first-order chi connectivity index (χ1) is 14.5. The number of hydrogen-bond acceptors (Lipinski definition) is 3. The number of hydrogen-bond donors (Lipinski definition) is 1. The van der Waals surface area contributed by atoms with Gasteiger partial charge in [-0.25, -0.2) is 0 Å². The lowest BCUT2D eigenvalue weighted by Gasteiger charge is -2.19. The molecule has 2 aromatic carbocycles. The molecule has 1 heterocycles. The SMILES string of the molecule is CCN(CC)C(=O)Cn1cc(SCC(=O)NCc2ccc(C)cc2)c2ccccc21. The highest BCUT2D eigenvalue weighted by molar-refractivity contribution is 8.00. The smallest absolute Gasteiger partial charge is 0.242 e. The summed E-state index contributed by atoms with van der Waals surface area (Å²) in [5.41, 5.74) is 3.31. The molecular weight excluding hydrogens is 394 g/mol. The molecule has 0 aliphatic rings. The molecule has 3 aromatic rings. The van der Waals surface area contributed by atoms with E-state index in [4.69, 9.17) is 0 Å². The average molecular weight is 424 g/mol. The van der Waals surface area contributed by atoms with Crippen LogP contribution in [0.2, 0.25) is 0 Å². The molecule has 0 bridgehead atoms. The average Bonchev–Trinajstić information content (AvgIpc) is 3.10. The second-order valence-corrected chi connectivity index (χ2v) is 8.27. The van der Waals surface area contributed by atoms with E-state index in [1.807, 2.05) is 85.0 Å². The number of rotatable bonds is 9. The van der Waals surface area contributed by atoms with Gasteiger partial charge in [0.2, 0.25) is 11.8 Å². The van der Waals surface area contributed by atoms with Gasteiger partial charge in [-0.3, -0.25) is 9.59 Å². The quantitative estimate of drug-likeness (QED) is 0.524. The molecule has 2 amide bonds. The normalized spacial score (nSPS) is 10.9. The molecule has 158 valence electrons. The van der Waals surface area contributed by atoms with Gasteiger partial charge in [0.15, 0.2) is 0 Å². The number of aromatic nitrogens is 1. The molecular formula is C24H29N3O2S. The van der Waals surface area contributed by atoms with Gasteiger partial charge < -0.3 is 14.8 Å². The second-order valence-electron chi connectivity index (χ2n) is 7.26. The Bertz CT molecular complexity index is 1010. The van der Waals surface area contributed by atoms with Crippen LogP contribution in [0.1, 0.15) is 25.0 Å². The minimum absolute atomic E-state index is 0.00313. The van der Waals surface area contributed by atoms with Crippen molar-refractivity contribution >= 4 is 34.5 Å². The fourth-order valence-electron chi connectivity index (χ4n) is 3.38. The van der Waals surface area contributed by atoms with Gasteiger partial charge in [-0.05, 0) is 32.4 Å². The van der Waals surface area contributed by atoms with Crippen molar-refractivity contribution < 1.29 is 9.59 Å². The van der Waals surface area contributed by atoms with Crippen LogP contribution in [0.5, 0.6) is 0 Å². The summed E-state index contributed by atoms with van der Waals surface area (Å²) in [4.78, 5) is 27.8. The topological polar surface area (TPSA) is 54.3 Å². The van der Waals surface area contributed by atoms with Crippen molar-refractivity contribution in [3.05, 3.63) is 65.9 Å². The monoisotopic (exact) mass is 423 g/mol. The highest BCUT2D eigenvalue weighted by Crippen LogP contribution is 2.30. The number of fused-ring (bicyclic) bond motifs is 1. The first-order valence-corrected chi connectivity index (χ1v) is 11.3. The van der Waals surface area contributed by atoms with Crippen molar-refractivity contribution in [2.75, 3.05) is 18.8 Å². The van der Waals surface area contributed by atoms with Gasteiger partial charge in [0.05, 0.1) is 5.75 Å². The van der Waals surface area contributed by atoms with E-state index in [0.29, 0.717) is 31.9 Å². The number of likely N-dealkylation sites (N-methyl/N-ethyl adjacent to an activating group) is 1. The minimum Gasteiger partial charge on any atom is -0.351 e. The maximum atomic E-state index is 12.6. The predicted octanol–water partition coefficient (Wildman–Crippen LogP) is 4.23. The van der Waals surface area contributed by atoms with Crippen molar-refractivity contribution in [1.82, 2.24) is 14.8 Å². The van der Waals surface area contributed by atoms with Crippen LogP contribution in [0.25, 0.3) is 10.9 Å². The first-order valence-electron chi connectivity index (χ1n) is 10.3. The standard InChI is InChI=1S/C24H29N3O2S/c1-4-26(5-2)24(29)16-27-15-22(20-8-6-7-9-21(20)27)30-17-23(28)25-14-19-12-10-18(3)11-13-19/h6-13,15H,4-5,14,16-17H2,1-3H3,(H,25,28). The van der Waals surface area contributed by atoms with Gasteiger partial charge in [-0.2, -0.15) is 0 Å². The second kappa shape index (κ2) is 10.3. The van der Waals surface area contributed by atoms with E-state index in [0.717, 1.165) is 21.4 Å². The maximum Gasteiger partial charge on any atom is 0.242 e. The zero-order valence-electron chi connectivity index (χ0n) is 17.9. The molecule has 3 rings (SSSR count). The zero-order chi connectivity index (χ0) is 21.5. The third-order valence-electron chi connectivity index (χ3n) is 5.14. The van der Waals surface area contributed by atoms with Crippen LogP contribution < -0.4 is 5.32 Å². The summed E-state index contributed by atoms with van der Waals surface area (Å²) in [5.74, 6) is 0.439. The molecule has 0 spiro atoms. The molecule has 6 heteroatoms. The number of para-hydroxylation sites is 1. The number of nitrogens with one attached hydrogen (secondary N) is 1. The van der Waals surface area contributed by atoms with E-state index in [9.17, 15) is 9.59 Å². The van der Waals surface area contributed by atoms with Crippen molar-refractivity contribution in [1.29, 1.82) is 0 Å². The van der Waals surface area contributed by atoms with Gasteiger partial charge >= 0.3 is 0 Å². The maximum absolute atomic E-state index is 12.6. The molecule has 1 aromatic heterocycles. The molecule has 0 atom stereocenters. The molecule has 1 N–H and O–H groups in total. The third kappa shape index (κ3) is 5.45. The number of carbonyl (C=O) groups is 2. The van der Waals surface area contributed by atoms with Gasteiger partial charge in [-0.1, -0.05) is 48.0 Å². The lowest BCUT2D eigenvalue weighted by molar-refractivity contribution is -0.131. The van der Waals surface area contributed by atoms with E-state index < -0.39 is 0 Å². The Morgan fingerprint density at radius 1 is 1.03 bits per heavy atom. The summed E-state index contributed by atoms with van der Waals surface area (Å²) in [6.07, 6.45) is 1.99. The molecule has 30 heavy (non-hydrogen) atoms. The Morgan fingerprint density at radius 3 is 2.43 bits per heavy atom. The van der Waals surface area contributed by atoms with E-state index >= 15 is 0 Å². The van der Waals surface area contributed by atoms with Crippen molar-refractivity contribution in [3.8, 4) is 0 Å². The summed E-state index contributed by atoms with van der Waals surface area (Å²) in [5, 5.41) is 4.05. The van der Waals surface area contributed by atoms with Crippen LogP contribution in [0.4, 0.5) is 0 Å². The van der Waals surface area contributed by atoms with Gasteiger partial charge in [0, 0.05) is 41.6 Å². The number of nitrogens with zero attached hydrogens (tertiary/aromatic N) is 2. The Kier molecular flexibility index (Phi) is 7.57. The van der Waals surface area contributed by atoms with Gasteiger partial charge in [0.1, 0.15) is 6.54 Å². The molecule has 0 aliphatic carbocycles. The molecule has 0 unspecified atom stereocenters. The van der Waals surface area contributed by atoms with E-state index in [1.54, 1.807) is 0 Å². The lowest BCUT2D eigenvalue weighted by atomic mass is 10.1. The summed E-state index contributed by atoms with van der Waals surface area (Å²) in [6, 6.07) is 16.2. The zero-order valence-corrected chi connectivity index (χ0v) is 18.7. The summed E-state index contributed by atoms with van der Waals surface area (Å²) in [7, 11) is 0. The van der Waals surface area contributed by atoms with Gasteiger partial charge in [-0.15, -0.1) is 11.8 Å². The Morgan fingerprint density at radius 2 is 1.73 bits per heavy atom. The highest BCUT2D eigenvalue weighted by atomic mass is 32.2. The fourth-order valence-corrected chi connectivity index (χ4v) is 4.30. The van der Waals surface area contributed by atoms with Crippen LogP contribution in [0.15, 0.2) is 59.6 Å². The minimum atomic E-state index is -0.00313. The highest BCUT2D eigenvalue weighted by Gasteiger charge is 2.15. The van der Waals surface area contributed by atoms with Crippen molar-refractivity contribution in [2.24, 2.45) is 0 Å². The van der Waals surface area contributed by atoms with Crippen LogP contribution in [-0.4, -0.2) is 40.1 Å². The van der Waals surface area contributed by atoms with Crippen LogP contribution >= 0.6 is 11.8 Å². The number of benzene rings is 2. The number of amides is 2. The number of carbonyl (C=O) groups excluding carboxylic acids is 2. The van der Waals surface area contributed by atoms with E-state index in [2.05, 4.69) is 5.32 Å². The Hall–Kier alpha value is -2.73. The van der Waals surface area contributed by atoms with Crippen LogP contribution in [-0.2, 0) is 22.7 Å². The molecule has 0 saturated heterocycles. The van der Waals surface area contributed by atoms with Crippen LogP contribution in [0, 0.1) is 6.92 Å². The fraction of sp³-hybridized carbons (Fsp3) is 0.333. The molecule has 0 aliphatic heterocycles. The lowest BCUT2D eigenvalue weighted by Crippen LogP contribution is -2.33. The molecule has 0 saturated carbocycles. The van der Waals surface area contributed by atoms with Gasteiger partial charge in [0.25, 0.3) is 0 Å².